The third-order valence-corrected chi connectivity index (χ3v) is 4.57. The lowest BCUT2D eigenvalue weighted by atomic mass is 10.1. The second-order valence-corrected chi connectivity index (χ2v) is 6.84. The van der Waals surface area contributed by atoms with Crippen molar-refractivity contribution in [2.45, 2.75) is 13.1 Å². The van der Waals surface area contributed by atoms with Gasteiger partial charge in [-0.1, -0.05) is 24.3 Å². The molecule has 0 radical (unpaired) electrons. The number of nitrogens with one attached hydrogen (secondary N) is 2. The van der Waals surface area contributed by atoms with Crippen LogP contribution in [-0.4, -0.2) is 19.9 Å². The fourth-order valence-corrected chi connectivity index (χ4v) is 3.12. The summed E-state index contributed by atoms with van der Waals surface area (Å²) in [6, 6.07) is 13.3. The van der Waals surface area contributed by atoms with Gasteiger partial charge in [0.2, 0.25) is 11.6 Å². The standard InChI is InChI=1S/C21H15F3N6O2/c1-12-8-9-13-4-2-7-16(17(13)27-12)29-20-18(30(31)32)19(25-11-26-20)28-15-6-3-5-14(10-15)21(22,23)24/h2-11H,1H3,(H2,25,26,28,29). The van der Waals surface area contributed by atoms with E-state index in [1.807, 2.05) is 25.1 Å². The van der Waals surface area contributed by atoms with Gasteiger partial charge in [-0.3, -0.25) is 15.1 Å². The van der Waals surface area contributed by atoms with Gasteiger partial charge in [0.1, 0.15) is 6.33 Å². The third kappa shape index (κ3) is 4.26. The molecule has 0 saturated carbocycles. The predicted molar refractivity (Wildman–Crippen MR) is 113 cm³/mol. The molecule has 0 fully saturated rings. The molecule has 0 spiro atoms. The molecule has 2 heterocycles. The Morgan fingerprint density at radius 2 is 1.69 bits per heavy atom. The Hall–Kier alpha value is -4.28. The maximum Gasteiger partial charge on any atom is 0.416 e. The molecule has 11 heteroatoms. The van der Waals surface area contributed by atoms with E-state index in [2.05, 4.69) is 25.6 Å². The van der Waals surface area contributed by atoms with Crippen LogP contribution in [0.2, 0.25) is 0 Å². The van der Waals surface area contributed by atoms with Crippen LogP contribution < -0.4 is 10.6 Å². The first kappa shape index (κ1) is 21.0. The summed E-state index contributed by atoms with van der Waals surface area (Å²) in [4.78, 5) is 23.4. The monoisotopic (exact) mass is 440 g/mol. The molecule has 0 aliphatic rings. The molecule has 162 valence electrons. The van der Waals surface area contributed by atoms with Crippen molar-refractivity contribution >= 4 is 39.6 Å². The zero-order valence-corrected chi connectivity index (χ0v) is 16.5. The SMILES string of the molecule is Cc1ccc2cccc(Nc3ncnc(Nc4cccc(C(F)(F)F)c4)c3[N+](=O)[O-])c2n1. The quantitative estimate of drug-likeness (QED) is 0.301. The fourth-order valence-electron chi connectivity index (χ4n) is 3.12. The highest BCUT2D eigenvalue weighted by Gasteiger charge is 2.31. The van der Waals surface area contributed by atoms with E-state index < -0.39 is 22.4 Å². The van der Waals surface area contributed by atoms with Crippen LogP contribution in [-0.2, 0) is 6.18 Å². The van der Waals surface area contributed by atoms with Gasteiger partial charge in [-0.25, -0.2) is 9.97 Å². The number of alkyl halides is 3. The molecular weight excluding hydrogens is 425 g/mol. The van der Waals surface area contributed by atoms with Gasteiger partial charge < -0.3 is 10.6 Å². The van der Waals surface area contributed by atoms with Crippen molar-refractivity contribution in [3.05, 3.63) is 82.3 Å². The molecule has 0 atom stereocenters. The Balaban J connectivity index is 1.74. The number of hydrogen-bond acceptors (Lipinski definition) is 7. The molecule has 4 rings (SSSR count). The topological polar surface area (TPSA) is 106 Å². The summed E-state index contributed by atoms with van der Waals surface area (Å²) in [7, 11) is 0. The molecular formula is C21H15F3N6O2. The second kappa shape index (κ2) is 8.10. The first-order valence-corrected chi connectivity index (χ1v) is 9.29. The van der Waals surface area contributed by atoms with E-state index in [1.54, 1.807) is 12.1 Å². The molecule has 2 N–H and O–H groups in total. The summed E-state index contributed by atoms with van der Waals surface area (Å²) >= 11 is 0. The fraction of sp³-hybridized carbons (Fsp3) is 0.0952. The average Bonchev–Trinajstić information content (AvgIpc) is 2.74. The smallest absolute Gasteiger partial charge is 0.334 e. The minimum absolute atomic E-state index is 0.00460. The molecule has 0 aliphatic heterocycles. The zero-order valence-electron chi connectivity index (χ0n) is 16.5. The Bertz CT molecular complexity index is 1330. The van der Waals surface area contributed by atoms with Gasteiger partial charge >= 0.3 is 11.9 Å². The van der Waals surface area contributed by atoms with E-state index in [1.165, 1.54) is 12.1 Å². The van der Waals surface area contributed by atoms with Crippen LogP contribution in [0.25, 0.3) is 10.9 Å². The summed E-state index contributed by atoms with van der Waals surface area (Å²) in [5.41, 5.74) is 0.418. The van der Waals surface area contributed by atoms with Crippen LogP contribution in [0.3, 0.4) is 0 Å². The lowest BCUT2D eigenvalue weighted by Crippen LogP contribution is -2.07. The van der Waals surface area contributed by atoms with Crippen LogP contribution in [0.15, 0.2) is 60.9 Å². The number of rotatable bonds is 5. The highest BCUT2D eigenvalue weighted by atomic mass is 19.4. The van der Waals surface area contributed by atoms with Crippen molar-refractivity contribution in [2.24, 2.45) is 0 Å². The van der Waals surface area contributed by atoms with Crippen LogP contribution in [0, 0.1) is 17.0 Å². The van der Waals surface area contributed by atoms with Gasteiger partial charge in [-0.2, -0.15) is 13.2 Å². The molecule has 0 bridgehead atoms. The first-order chi connectivity index (χ1) is 15.2. The second-order valence-electron chi connectivity index (χ2n) is 6.84. The van der Waals surface area contributed by atoms with E-state index in [9.17, 15) is 23.3 Å². The van der Waals surface area contributed by atoms with E-state index >= 15 is 0 Å². The van der Waals surface area contributed by atoms with Crippen molar-refractivity contribution in [1.29, 1.82) is 0 Å². The van der Waals surface area contributed by atoms with E-state index in [4.69, 9.17) is 0 Å². The number of pyridine rings is 1. The molecule has 0 saturated heterocycles. The predicted octanol–water partition coefficient (Wildman–Crippen LogP) is 5.75. The van der Waals surface area contributed by atoms with Gasteiger partial charge in [-0.05, 0) is 37.3 Å². The van der Waals surface area contributed by atoms with Gasteiger partial charge in [0.25, 0.3) is 0 Å². The maximum atomic E-state index is 13.0. The number of aromatic nitrogens is 3. The minimum atomic E-state index is -4.55. The summed E-state index contributed by atoms with van der Waals surface area (Å²) in [5.74, 6) is -0.383. The van der Waals surface area contributed by atoms with Crippen molar-refractivity contribution in [1.82, 2.24) is 15.0 Å². The molecule has 0 aliphatic carbocycles. The van der Waals surface area contributed by atoms with Crippen LogP contribution in [0.1, 0.15) is 11.3 Å². The van der Waals surface area contributed by atoms with Crippen molar-refractivity contribution in [3.8, 4) is 0 Å². The van der Waals surface area contributed by atoms with Gasteiger partial charge in [0.15, 0.2) is 0 Å². The first-order valence-electron chi connectivity index (χ1n) is 9.29. The van der Waals surface area contributed by atoms with Gasteiger partial charge in [0, 0.05) is 16.8 Å². The number of anilines is 4. The number of aryl methyl sites for hydroxylation is 1. The molecule has 4 aromatic rings. The Kier molecular flexibility index (Phi) is 5.31. The number of para-hydroxylation sites is 1. The molecule has 0 amide bonds. The summed E-state index contributed by atoms with van der Waals surface area (Å²) < 4.78 is 39.0. The van der Waals surface area contributed by atoms with E-state index in [0.29, 0.717) is 11.2 Å². The molecule has 32 heavy (non-hydrogen) atoms. The normalized spacial score (nSPS) is 11.4. The van der Waals surface area contributed by atoms with Crippen molar-refractivity contribution in [3.63, 3.8) is 0 Å². The lowest BCUT2D eigenvalue weighted by Gasteiger charge is -2.13. The van der Waals surface area contributed by atoms with Crippen LogP contribution >= 0.6 is 0 Å². The molecule has 8 nitrogen and oxygen atoms in total. The number of halogens is 3. The third-order valence-electron chi connectivity index (χ3n) is 4.57. The van der Waals surface area contributed by atoms with Crippen LogP contribution in [0.4, 0.5) is 41.9 Å². The Morgan fingerprint density at radius 3 is 2.41 bits per heavy atom. The number of benzene rings is 2. The van der Waals surface area contributed by atoms with Crippen LogP contribution in [0.5, 0.6) is 0 Å². The summed E-state index contributed by atoms with van der Waals surface area (Å²) in [6.07, 6.45) is -3.48. The number of nitro groups is 1. The largest absolute Gasteiger partial charge is 0.416 e. The Labute approximate surface area is 179 Å². The molecule has 0 unspecified atom stereocenters. The van der Waals surface area contributed by atoms with Gasteiger partial charge in [-0.15, -0.1) is 0 Å². The number of nitrogens with zero attached hydrogens (tertiary/aromatic N) is 4. The van der Waals surface area contributed by atoms with Crippen molar-refractivity contribution < 1.29 is 18.1 Å². The number of hydrogen-bond donors (Lipinski definition) is 2. The highest BCUT2D eigenvalue weighted by molar-refractivity contribution is 5.93. The van der Waals surface area contributed by atoms with E-state index in [-0.39, 0.29) is 17.3 Å². The number of fused-ring (bicyclic) bond motifs is 1. The molecule has 2 aromatic carbocycles. The summed E-state index contributed by atoms with van der Waals surface area (Å²) in [5, 5.41) is 18.1. The van der Waals surface area contributed by atoms with E-state index in [0.717, 1.165) is 29.5 Å². The average molecular weight is 440 g/mol. The molecule has 2 aromatic heterocycles. The highest BCUT2D eigenvalue weighted by Crippen LogP contribution is 2.36. The van der Waals surface area contributed by atoms with Crippen molar-refractivity contribution in [2.75, 3.05) is 10.6 Å². The lowest BCUT2D eigenvalue weighted by molar-refractivity contribution is -0.383. The maximum absolute atomic E-state index is 13.0. The Morgan fingerprint density at radius 1 is 0.969 bits per heavy atom. The zero-order chi connectivity index (χ0) is 22.9. The van der Waals surface area contributed by atoms with Gasteiger partial charge in [0.05, 0.1) is 21.7 Å². The summed E-state index contributed by atoms with van der Waals surface area (Å²) in [6.45, 7) is 1.82. The minimum Gasteiger partial charge on any atom is -0.334 e.